The number of benzene rings is 1. The molecule has 23 heavy (non-hydrogen) atoms. The molecule has 130 valence electrons. The molecule has 1 atom stereocenters. The Labute approximate surface area is 138 Å². The van der Waals surface area contributed by atoms with E-state index in [0.29, 0.717) is 18.5 Å². The van der Waals surface area contributed by atoms with Crippen LogP contribution in [0.4, 0.5) is 0 Å². The highest BCUT2D eigenvalue weighted by Crippen LogP contribution is 2.22. The predicted molar refractivity (Wildman–Crippen MR) is 90.8 cm³/mol. The first-order chi connectivity index (χ1) is 10.5. The molecular weight excluding hydrogens is 336 g/mol. The average Bonchev–Trinajstić information content (AvgIpc) is 2.69. The van der Waals surface area contributed by atoms with Crippen molar-refractivity contribution in [1.82, 2.24) is 10.0 Å². The molecule has 0 saturated carbocycles. The number of rotatable bonds is 6. The third kappa shape index (κ3) is 4.76. The largest absolute Gasteiger partial charge is 0.309 e. The van der Waals surface area contributed by atoms with Crippen LogP contribution in [0.1, 0.15) is 24.5 Å². The van der Waals surface area contributed by atoms with E-state index in [0.717, 1.165) is 5.56 Å². The van der Waals surface area contributed by atoms with Gasteiger partial charge in [0.2, 0.25) is 10.0 Å². The Kier molecular flexibility index (Phi) is 5.20. The van der Waals surface area contributed by atoms with Crippen molar-refractivity contribution in [1.29, 1.82) is 0 Å². The second-order valence-corrected chi connectivity index (χ2v) is 10.4. The van der Waals surface area contributed by atoms with Crippen molar-refractivity contribution in [3.05, 3.63) is 29.3 Å². The quantitative estimate of drug-likeness (QED) is 0.730. The van der Waals surface area contributed by atoms with E-state index in [4.69, 9.17) is 0 Å². The number of sulfone groups is 1. The van der Waals surface area contributed by atoms with Crippen LogP contribution < -0.4 is 10.0 Å². The SMILES string of the molecule is Cc1ccc(S(=O)(=O)NCCN[C@@]2(C)CCS(=O)(=O)C2)c(C)c1. The van der Waals surface area contributed by atoms with E-state index in [9.17, 15) is 16.8 Å². The van der Waals surface area contributed by atoms with Gasteiger partial charge in [-0.05, 0) is 38.8 Å². The van der Waals surface area contributed by atoms with Crippen LogP contribution in [-0.4, -0.2) is 47.0 Å². The van der Waals surface area contributed by atoms with Crippen LogP contribution in [0.15, 0.2) is 23.1 Å². The van der Waals surface area contributed by atoms with Crippen molar-refractivity contribution in [2.75, 3.05) is 24.6 Å². The summed E-state index contributed by atoms with van der Waals surface area (Å²) in [5.74, 6) is 0.286. The molecule has 2 N–H and O–H groups in total. The van der Waals surface area contributed by atoms with Gasteiger partial charge in [0.25, 0.3) is 0 Å². The summed E-state index contributed by atoms with van der Waals surface area (Å²) in [6.07, 6.45) is 0.555. The molecule has 1 aliphatic heterocycles. The molecule has 1 aromatic carbocycles. The summed E-state index contributed by atoms with van der Waals surface area (Å²) < 4.78 is 50.2. The summed E-state index contributed by atoms with van der Waals surface area (Å²) in [7, 11) is -6.53. The second kappa shape index (κ2) is 6.51. The van der Waals surface area contributed by atoms with Crippen LogP contribution in [0.25, 0.3) is 0 Å². The second-order valence-electron chi connectivity index (χ2n) is 6.50. The molecule has 2 rings (SSSR count). The molecule has 0 bridgehead atoms. The van der Waals surface area contributed by atoms with E-state index in [2.05, 4.69) is 10.0 Å². The van der Waals surface area contributed by atoms with Gasteiger partial charge in [0.05, 0.1) is 16.4 Å². The predicted octanol–water partition coefficient (Wildman–Crippen LogP) is 0.749. The maximum atomic E-state index is 12.3. The highest BCUT2D eigenvalue weighted by molar-refractivity contribution is 7.91. The van der Waals surface area contributed by atoms with Crippen molar-refractivity contribution >= 4 is 19.9 Å². The summed E-state index contributed by atoms with van der Waals surface area (Å²) in [5, 5.41) is 3.16. The summed E-state index contributed by atoms with van der Waals surface area (Å²) in [5.41, 5.74) is 1.25. The minimum absolute atomic E-state index is 0.101. The van der Waals surface area contributed by atoms with Crippen LogP contribution in [0, 0.1) is 13.8 Å². The summed E-state index contributed by atoms with van der Waals surface area (Å²) in [4.78, 5) is 0.276. The molecule has 1 aromatic rings. The lowest BCUT2D eigenvalue weighted by molar-refractivity contribution is 0.400. The monoisotopic (exact) mass is 360 g/mol. The lowest BCUT2D eigenvalue weighted by Crippen LogP contribution is -2.46. The zero-order valence-electron chi connectivity index (χ0n) is 13.7. The Morgan fingerprint density at radius 3 is 2.48 bits per heavy atom. The molecule has 0 aromatic heterocycles. The van der Waals surface area contributed by atoms with Gasteiger partial charge >= 0.3 is 0 Å². The zero-order valence-corrected chi connectivity index (χ0v) is 15.4. The number of hydrogen-bond acceptors (Lipinski definition) is 5. The first-order valence-electron chi connectivity index (χ1n) is 7.55. The third-order valence-electron chi connectivity index (χ3n) is 4.09. The molecular formula is C15H24N2O4S2. The lowest BCUT2D eigenvalue weighted by atomic mass is 10.0. The molecule has 1 saturated heterocycles. The summed E-state index contributed by atoms with van der Waals surface area (Å²) in [6.45, 7) is 6.14. The highest BCUT2D eigenvalue weighted by Gasteiger charge is 2.37. The number of hydrogen-bond donors (Lipinski definition) is 2. The molecule has 0 unspecified atom stereocenters. The molecule has 1 fully saturated rings. The molecule has 6 nitrogen and oxygen atoms in total. The molecule has 0 spiro atoms. The molecule has 8 heteroatoms. The molecule has 1 aliphatic rings. The van der Waals surface area contributed by atoms with Gasteiger partial charge < -0.3 is 5.32 Å². The van der Waals surface area contributed by atoms with Crippen LogP contribution in [0.3, 0.4) is 0 Å². The molecule has 0 amide bonds. The fourth-order valence-corrected chi connectivity index (χ4v) is 6.26. The Bertz CT molecular complexity index is 788. The minimum atomic E-state index is -3.55. The highest BCUT2D eigenvalue weighted by atomic mass is 32.2. The van der Waals surface area contributed by atoms with Crippen LogP contribution >= 0.6 is 0 Å². The summed E-state index contributed by atoms with van der Waals surface area (Å²) >= 11 is 0. The summed E-state index contributed by atoms with van der Waals surface area (Å²) in [6, 6.07) is 5.20. The van der Waals surface area contributed by atoms with Gasteiger partial charge in [0, 0.05) is 18.6 Å². The number of nitrogens with one attached hydrogen (secondary N) is 2. The minimum Gasteiger partial charge on any atom is -0.309 e. The normalized spacial score (nSPS) is 24.0. The number of aryl methyl sites for hydroxylation is 2. The van der Waals surface area contributed by atoms with Gasteiger partial charge in [-0.2, -0.15) is 0 Å². The van der Waals surface area contributed by atoms with Gasteiger partial charge in [-0.25, -0.2) is 21.6 Å². The van der Waals surface area contributed by atoms with Crippen molar-refractivity contribution in [2.45, 2.75) is 37.6 Å². The van der Waals surface area contributed by atoms with Crippen molar-refractivity contribution in [3.63, 3.8) is 0 Å². The van der Waals surface area contributed by atoms with Crippen molar-refractivity contribution in [2.24, 2.45) is 0 Å². The topological polar surface area (TPSA) is 92.3 Å². The van der Waals surface area contributed by atoms with Gasteiger partial charge in [-0.15, -0.1) is 0 Å². The van der Waals surface area contributed by atoms with Crippen LogP contribution in [-0.2, 0) is 19.9 Å². The smallest absolute Gasteiger partial charge is 0.240 e. The Hall–Kier alpha value is -0.960. The van der Waals surface area contributed by atoms with Crippen LogP contribution in [0.5, 0.6) is 0 Å². The lowest BCUT2D eigenvalue weighted by Gasteiger charge is -2.24. The van der Waals surface area contributed by atoms with E-state index in [-0.39, 0.29) is 22.9 Å². The van der Waals surface area contributed by atoms with E-state index < -0.39 is 25.4 Å². The maximum Gasteiger partial charge on any atom is 0.240 e. The van der Waals surface area contributed by atoms with E-state index in [1.807, 2.05) is 19.9 Å². The first-order valence-corrected chi connectivity index (χ1v) is 10.9. The van der Waals surface area contributed by atoms with Crippen LogP contribution in [0.2, 0.25) is 0 Å². The average molecular weight is 361 g/mol. The van der Waals surface area contributed by atoms with E-state index in [1.54, 1.807) is 19.1 Å². The fraction of sp³-hybridized carbons (Fsp3) is 0.600. The number of sulfonamides is 1. The van der Waals surface area contributed by atoms with Crippen molar-refractivity contribution in [3.8, 4) is 0 Å². The standard InChI is InChI=1S/C15H24N2O4S2/c1-12-4-5-14(13(2)10-12)23(20,21)17-8-7-16-15(3)6-9-22(18,19)11-15/h4-5,10,16-17H,6-9,11H2,1-3H3/t15-/m0/s1. The van der Waals surface area contributed by atoms with E-state index >= 15 is 0 Å². The maximum absolute atomic E-state index is 12.3. The van der Waals surface area contributed by atoms with Gasteiger partial charge in [-0.3, -0.25) is 0 Å². The third-order valence-corrected chi connectivity index (χ3v) is 7.62. The molecule has 1 heterocycles. The molecule has 0 radical (unpaired) electrons. The van der Waals surface area contributed by atoms with Gasteiger partial charge in [0.1, 0.15) is 0 Å². The van der Waals surface area contributed by atoms with Gasteiger partial charge in [-0.1, -0.05) is 17.7 Å². The Morgan fingerprint density at radius 1 is 1.22 bits per heavy atom. The molecule has 0 aliphatic carbocycles. The van der Waals surface area contributed by atoms with Gasteiger partial charge in [0.15, 0.2) is 9.84 Å². The van der Waals surface area contributed by atoms with Crippen molar-refractivity contribution < 1.29 is 16.8 Å². The Balaban J connectivity index is 1.91. The zero-order chi connectivity index (χ0) is 17.3. The first kappa shape index (κ1) is 18.4. The van der Waals surface area contributed by atoms with E-state index in [1.165, 1.54) is 0 Å². The fourth-order valence-electron chi connectivity index (χ4n) is 2.88. The Morgan fingerprint density at radius 2 is 1.91 bits per heavy atom.